The Morgan fingerprint density at radius 3 is 2.13 bits per heavy atom. The monoisotopic (exact) mass is 403 g/mol. The SMILES string of the molecule is O=C(NC1CC1)C(=O)N1CCN(C(=O)c2ccc3c(c2)C(=O)c2ccccc2-3)CC1. The smallest absolute Gasteiger partial charge is 0.312 e. The molecule has 0 atom stereocenters. The van der Waals surface area contributed by atoms with E-state index in [9.17, 15) is 19.2 Å². The molecule has 7 nitrogen and oxygen atoms in total. The number of benzene rings is 2. The first kappa shape index (κ1) is 18.5. The molecule has 0 unspecified atom stereocenters. The van der Waals surface area contributed by atoms with Crippen molar-refractivity contribution in [2.24, 2.45) is 0 Å². The Kier molecular flexibility index (Phi) is 4.38. The first-order valence-electron chi connectivity index (χ1n) is 10.2. The molecule has 1 aliphatic heterocycles. The fourth-order valence-electron chi connectivity index (χ4n) is 4.07. The molecule has 2 aromatic rings. The molecule has 0 spiro atoms. The third kappa shape index (κ3) is 3.16. The van der Waals surface area contributed by atoms with Crippen LogP contribution in [0.15, 0.2) is 42.5 Å². The Morgan fingerprint density at radius 1 is 0.800 bits per heavy atom. The van der Waals surface area contributed by atoms with Crippen molar-refractivity contribution in [1.82, 2.24) is 15.1 Å². The summed E-state index contributed by atoms with van der Waals surface area (Å²) in [5, 5.41) is 2.70. The van der Waals surface area contributed by atoms with E-state index in [0.717, 1.165) is 24.0 Å². The lowest BCUT2D eigenvalue weighted by Crippen LogP contribution is -2.54. The van der Waals surface area contributed by atoms with Crippen LogP contribution in [-0.4, -0.2) is 65.5 Å². The number of hydrogen-bond acceptors (Lipinski definition) is 4. The van der Waals surface area contributed by atoms with Gasteiger partial charge in [-0.15, -0.1) is 0 Å². The largest absolute Gasteiger partial charge is 0.345 e. The minimum atomic E-state index is -0.561. The van der Waals surface area contributed by atoms with E-state index in [2.05, 4.69) is 5.32 Å². The Balaban J connectivity index is 1.26. The molecule has 0 aromatic heterocycles. The number of hydrogen-bond donors (Lipinski definition) is 1. The van der Waals surface area contributed by atoms with Crippen molar-refractivity contribution in [2.45, 2.75) is 18.9 Å². The number of carbonyl (C=O) groups excluding carboxylic acids is 4. The van der Waals surface area contributed by atoms with Gasteiger partial charge in [-0.05, 0) is 36.1 Å². The molecule has 2 aromatic carbocycles. The zero-order valence-corrected chi connectivity index (χ0v) is 16.4. The Bertz CT molecular complexity index is 1080. The van der Waals surface area contributed by atoms with Crippen LogP contribution in [0.5, 0.6) is 0 Å². The number of nitrogens with one attached hydrogen (secondary N) is 1. The Labute approximate surface area is 173 Å². The van der Waals surface area contributed by atoms with E-state index in [1.807, 2.05) is 24.3 Å². The summed E-state index contributed by atoms with van der Waals surface area (Å²) in [6.45, 7) is 1.34. The highest BCUT2D eigenvalue weighted by atomic mass is 16.2. The van der Waals surface area contributed by atoms with Gasteiger partial charge < -0.3 is 15.1 Å². The lowest BCUT2D eigenvalue weighted by molar-refractivity contribution is -0.146. The molecule has 2 aliphatic carbocycles. The number of rotatable bonds is 2. The highest BCUT2D eigenvalue weighted by Gasteiger charge is 2.32. The number of amides is 3. The first-order valence-corrected chi connectivity index (χ1v) is 10.2. The molecule has 1 N–H and O–H groups in total. The molecule has 5 rings (SSSR count). The molecular weight excluding hydrogens is 382 g/mol. The molecule has 3 amide bonds. The number of piperazine rings is 1. The molecule has 152 valence electrons. The van der Waals surface area contributed by atoms with Crippen LogP contribution < -0.4 is 5.32 Å². The summed E-state index contributed by atoms with van der Waals surface area (Å²) in [6.07, 6.45) is 1.85. The molecule has 0 radical (unpaired) electrons. The summed E-state index contributed by atoms with van der Waals surface area (Å²) in [7, 11) is 0. The van der Waals surface area contributed by atoms with E-state index < -0.39 is 11.8 Å². The van der Waals surface area contributed by atoms with E-state index >= 15 is 0 Å². The summed E-state index contributed by atoms with van der Waals surface area (Å²) in [6, 6.07) is 12.8. The van der Waals surface area contributed by atoms with Crippen molar-refractivity contribution in [1.29, 1.82) is 0 Å². The molecule has 1 heterocycles. The van der Waals surface area contributed by atoms with Gasteiger partial charge in [-0.2, -0.15) is 0 Å². The van der Waals surface area contributed by atoms with Crippen molar-refractivity contribution in [2.75, 3.05) is 26.2 Å². The average Bonchev–Trinajstić information content (AvgIpc) is 3.56. The zero-order chi connectivity index (χ0) is 20.8. The molecule has 0 bridgehead atoms. The maximum atomic E-state index is 13.0. The zero-order valence-electron chi connectivity index (χ0n) is 16.4. The summed E-state index contributed by atoms with van der Waals surface area (Å²) in [5.74, 6) is -1.33. The van der Waals surface area contributed by atoms with Crippen molar-refractivity contribution in [3.05, 3.63) is 59.2 Å². The second-order valence-corrected chi connectivity index (χ2v) is 7.97. The maximum absolute atomic E-state index is 13.0. The molecule has 2 fully saturated rings. The van der Waals surface area contributed by atoms with Gasteiger partial charge in [0.1, 0.15) is 0 Å². The third-order valence-electron chi connectivity index (χ3n) is 5.93. The fraction of sp³-hybridized carbons (Fsp3) is 0.304. The van der Waals surface area contributed by atoms with Gasteiger partial charge in [-0.1, -0.05) is 30.3 Å². The van der Waals surface area contributed by atoms with Crippen LogP contribution >= 0.6 is 0 Å². The van der Waals surface area contributed by atoms with E-state index in [1.165, 1.54) is 4.90 Å². The van der Waals surface area contributed by atoms with Crippen LogP contribution in [0.2, 0.25) is 0 Å². The van der Waals surface area contributed by atoms with Crippen LogP contribution in [-0.2, 0) is 9.59 Å². The predicted octanol–water partition coefficient (Wildman–Crippen LogP) is 1.46. The number of ketones is 1. The highest BCUT2D eigenvalue weighted by molar-refractivity contribution is 6.35. The summed E-state index contributed by atoms with van der Waals surface area (Å²) >= 11 is 0. The number of nitrogens with zero attached hydrogens (tertiary/aromatic N) is 2. The molecule has 3 aliphatic rings. The average molecular weight is 403 g/mol. The second kappa shape index (κ2) is 7.09. The van der Waals surface area contributed by atoms with Crippen molar-refractivity contribution in [3.8, 4) is 11.1 Å². The highest BCUT2D eigenvalue weighted by Crippen LogP contribution is 2.36. The first-order chi connectivity index (χ1) is 14.5. The van der Waals surface area contributed by atoms with Crippen LogP contribution in [0.4, 0.5) is 0 Å². The Morgan fingerprint density at radius 2 is 1.43 bits per heavy atom. The summed E-state index contributed by atoms with van der Waals surface area (Å²) < 4.78 is 0. The van der Waals surface area contributed by atoms with Crippen LogP contribution in [0, 0.1) is 0 Å². The van der Waals surface area contributed by atoms with Crippen LogP contribution in [0.25, 0.3) is 11.1 Å². The number of carbonyl (C=O) groups is 4. The Hall–Kier alpha value is -3.48. The van der Waals surface area contributed by atoms with Gasteiger partial charge in [0.05, 0.1) is 0 Å². The van der Waals surface area contributed by atoms with Gasteiger partial charge >= 0.3 is 11.8 Å². The fourth-order valence-corrected chi connectivity index (χ4v) is 4.07. The van der Waals surface area contributed by atoms with E-state index in [1.54, 1.807) is 23.1 Å². The second-order valence-electron chi connectivity index (χ2n) is 7.97. The minimum absolute atomic E-state index is 0.0626. The molecule has 7 heteroatoms. The predicted molar refractivity (Wildman–Crippen MR) is 109 cm³/mol. The van der Waals surface area contributed by atoms with Crippen molar-refractivity contribution >= 4 is 23.5 Å². The van der Waals surface area contributed by atoms with Gasteiger partial charge in [0.25, 0.3) is 5.91 Å². The van der Waals surface area contributed by atoms with Crippen molar-refractivity contribution < 1.29 is 19.2 Å². The van der Waals surface area contributed by atoms with Crippen LogP contribution in [0.3, 0.4) is 0 Å². The third-order valence-corrected chi connectivity index (χ3v) is 5.93. The van der Waals surface area contributed by atoms with Gasteiger partial charge in [0, 0.05) is 48.9 Å². The quantitative estimate of drug-likeness (QED) is 0.657. The summed E-state index contributed by atoms with van der Waals surface area (Å²) in [4.78, 5) is 53.0. The normalized spacial score (nSPS) is 17.4. The molecule has 30 heavy (non-hydrogen) atoms. The topological polar surface area (TPSA) is 86.8 Å². The molecular formula is C23H21N3O4. The van der Waals surface area contributed by atoms with E-state index in [4.69, 9.17) is 0 Å². The maximum Gasteiger partial charge on any atom is 0.312 e. The summed E-state index contributed by atoms with van der Waals surface area (Å²) in [5.41, 5.74) is 3.42. The lowest BCUT2D eigenvalue weighted by atomic mass is 10.0. The van der Waals surface area contributed by atoms with E-state index in [0.29, 0.717) is 42.9 Å². The van der Waals surface area contributed by atoms with Crippen LogP contribution in [0.1, 0.15) is 39.1 Å². The number of fused-ring (bicyclic) bond motifs is 3. The standard InChI is InChI=1S/C23H21N3O4/c27-20-18-4-2-1-3-16(18)17-8-5-14(13-19(17)20)22(29)25-9-11-26(12-10-25)23(30)21(28)24-15-6-7-15/h1-5,8,13,15H,6-7,9-12H2,(H,24,28). The van der Waals surface area contributed by atoms with Gasteiger partial charge in [-0.25, -0.2) is 0 Å². The van der Waals surface area contributed by atoms with Gasteiger partial charge in [-0.3, -0.25) is 19.2 Å². The minimum Gasteiger partial charge on any atom is -0.345 e. The van der Waals surface area contributed by atoms with Gasteiger partial charge in [0.2, 0.25) is 0 Å². The lowest BCUT2D eigenvalue weighted by Gasteiger charge is -2.34. The van der Waals surface area contributed by atoms with Crippen molar-refractivity contribution in [3.63, 3.8) is 0 Å². The molecule has 1 saturated carbocycles. The molecule has 1 saturated heterocycles. The van der Waals surface area contributed by atoms with Gasteiger partial charge in [0.15, 0.2) is 5.78 Å². The van der Waals surface area contributed by atoms with E-state index in [-0.39, 0.29) is 17.7 Å².